The number of benzene rings is 1. The zero-order valence-electron chi connectivity index (χ0n) is 8.06. The molecule has 84 valence electrons. The van der Waals surface area contributed by atoms with Crippen LogP contribution < -0.4 is 15.8 Å². The summed E-state index contributed by atoms with van der Waals surface area (Å²) >= 11 is 0. The molecule has 0 radical (unpaired) electrons. The lowest BCUT2D eigenvalue weighted by Crippen LogP contribution is -2.21. The van der Waals surface area contributed by atoms with Gasteiger partial charge < -0.3 is 15.8 Å². The number of alkyl halides is 3. The Kier molecular flexibility index (Phi) is 3.28. The molecule has 1 aromatic rings. The van der Waals surface area contributed by atoms with Crippen LogP contribution in [0.1, 0.15) is 0 Å². The molecule has 1 rings (SSSR count). The number of hydrogen-bond donors (Lipinski definition) is 2. The second-order valence-electron chi connectivity index (χ2n) is 2.93. The van der Waals surface area contributed by atoms with Crippen LogP contribution in [0.25, 0.3) is 0 Å². The van der Waals surface area contributed by atoms with Gasteiger partial charge in [-0.05, 0) is 18.2 Å². The first-order chi connectivity index (χ1) is 6.92. The Balaban J connectivity index is 2.68. The minimum atomic E-state index is -4.24. The fourth-order valence-corrected chi connectivity index (χ4v) is 1.05. The molecule has 0 saturated carbocycles. The lowest BCUT2D eigenvalue weighted by atomic mass is 10.2. The maximum absolute atomic E-state index is 11.9. The van der Waals surface area contributed by atoms with Gasteiger partial charge in [0.1, 0.15) is 12.3 Å². The molecule has 0 aliphatic heterocycles. The van der Waals surface area contributed by atoms with Crippen LogP contribution in [-0.4, -0.2) is 19.8 Å². The highest BCUT2D eigenvalue weighted by molar-refractivity contribution is 5.62. The molecular weight excluding hydrogens is 209 g/mol. The van der Waals surface area contributed by atoms with E-state index in [-0.39, 0.29) is 0 Å². The van der Waals surface area contributed by atoms with E-state index >= 15 is 0 Å². The van der Waals surface area contributed by atoms with Crippen molar-refractivity contribution in [3.8, 4) is 5.75 Å². The van der Waals surface area contributed by atoms with E-state index in [9.17, 15) is 13.2 Å². The normalized spacial score (nSPS) is 11.2. The zero-order chi connectivity index (χ0) is 11.5. The third-order valence-corrected chi connectivity index (χ3v) is 1.72. The van der Waals surface area contributed by atoms with Crippen LogP contribution in [0.3, 0.4) is 0 Å². The van der Waals surface area contributed by atoms with Gasteiger partial charge in [-0.15, -0.1) is 0 Å². The Morgan fingerprint density at radius 2 is 2.07 bits per heavy atom. The molecular formula is C9H11F3N2O. The Hall–Kier alpha value is -1.59. The molecule has 6 heteroatoms. The molecule has 0 heterocycles. The van der Waals surface area contributed by atoms with E-state index in [2.05, 4.69) is 5.32 Å². The third-order valence-electron chi connectivity index (χ3n) is 1.72. The fraction of sp³-hybridized carbons (Fsp3) is 0.333. The van der Waals surface area contributed by atoms with Crippen molar-refractivity contribution in [2.75, 3.05) is 24.7 Å². The SMILES string of the molecule is COc1ccc(NCC(F)(F)F)cc1N. The number of nitrogen functional groups attached to an aromatic ring is 1. The summed E-state index contributed by atoms with van der Waals surface area (Å²) in [6.45, 7) is -1.08. The topological polar surface area (TPSA) is 47.3 Å². The summed E-state index contributed by atoms with van der Waals surface area (Å²) in [6.07, 6.45) is -4.24. The van der Waals surface area contributed by atoms with Crippen molar-refractivity contribution in [1.82, 2.24) is 0 Å². The molecule has 15 heavy (non-hydrogen) atoms. The summed E-state index contributed by atoms with van der Waals surface area (Å²) in [5.74, 6) is 0.438. The molecule has 1 aromatic carbocycles. The molecule has 0 saturated heterocycles. The largest absolute Gasteiger partial charge is 0.495 e. The average Bonchev–Trinajstić information content (AvgIpc) is 2.14. The van der Waals surface area contributed by atoms with Crippen molar-refractivity contribution in [1.29, 1.82) is 0 Å². The fourth-order valence-electron chi connectivity index (χ4n) is 1.05. The van der Waals surface area contributed by atoms with Gasteiger partial charge in [0.25, 0.3) is 0 Å². The summed E-state index contributed by atoms with van der Waals surface area (Å²) in [6, 6.07) is 4.37. The Morgan fingerprint density at radius 1 is 1.40 bits per heavy atom. The minimum Gasteiger partial charge on any atom is -0.495 e. The highest BCUT2D eigenvalue weighted by Gasteiger charge is 2.26. The van der Waals surface area contributed by atoms with Crippen LogP contribution in [-0.2, 0) is 0 Å². The van der Waals surface area contributed by atoms with Crippen molar-refractivity contribution in [3.05, 3.63) is 18.2 Å². The van der Waals surface area contributed by atoms with E-state index in [0.29, 0.717) is 17.1 Å². The van der Waals surface area contributed by atoms with E-state index in [0.717, 1.165) is 0 Å². The highest BCUT2D eigenvalue weighted by Crippen LogP contribution is 2.25. The van der Waals surface area contributed by atoms with E-state index in [1.54, 1.807) is 0 Å². The van der Waals surface area contributed by atoms with Crippen LogP contribution in [0, 0.1) is 0 Å². The molecule has 0 spiro atoms. The standard InChI is InChI=1S/C9H11F3N2O/c1-15-8-3-2-6(4-7(8)13)14-5-9(10,11)12/h2-4,14H,5,13H2,1H3. The average molecular weight is 220 g/mol. The predicted molar refractivity (Wildman–Crippen MR) is 52.0 cm³/mol. The smallest absolute Gasteiger partial charge is 0.405 e. The molecule has 0 unspecified atom stereocenters. The quantitative estimate of drug-likeness (QED) is 0.768. The minimum absolute atomic E-state index is 0.296. The molecule has 0 bridgehead atoms. The van der Waals surface area contributed by atoms with Crippen LogP contribution in [0.15, 0.2) is 18.2 Å². The van der Waals surface area contributed by atoms with E-state index < -0.39 is 12.7 Å². The number of anilines is 2. The number of halogens is 3. The van der Waals surface area contributed by atoms with Gasteiger partial charge in [-0.2, -0.15) is 13.2 Å². The monoisotopic (exact) mass is 220 g/mol. The van der Waals surface area contributed by atoms with Crippen molar-refractivity contribution >= 4 is 11.4 Å². The first-order valence-corrected chi connectivity index (χ1v) is 4.16. The van der Waals surface area contributed by atoms with Crippen LogP contribution in [0.2, 0.25) is 0 Å². The van der Waals surface area contributed by atoms with E-state index in [1.165, 1.54) is 25.3 Å². The van der Waals surface area contributed by atoms with Crippen LogP contribution in [0.5, 0.6) is 5.75 Å². The van der Waals surface area contributed by atoms with Gasteiger partial charge in [-0.3, -0.25) is 0 Å². The molecule has 0 aliphatic carbocycles. The predicted octanol–water partition coefficient (Wildman–Crippen LogP) is 2.25. The number of ether oxygens (including phenoxy) is 1. The van der Waals surface area contributed by atoms with Gasteiger partial charge in [-0.1, -0.05) is 0 Å². The second kappa shape index (κ2) is 4.29. The number of methoxy groups -OCH3 is 1. The van der Waals surface area contributed by atoms with Gasteiger partial charge in [0.15, 0.2) is 0 Å². The maximum Gasteiger partial charge on any atom is 0.405 e. The second-order valence-corrected chi connectivity index (χ2v) is 2.93. The van der Waals surface area contributed by atoms with E-state index in [1.807, 2.05) is 0 Å². The lowest BCUT2D eigenvalue weighted by molar-refractivity contribution is -0.115. The molecule has 0 aliphatic rings. The van der Waals surface area contributed by atoms with Gasteiger partial charge in [-0.25, -0.2) is 0 Å². The Labute approximate surface area is 85.0 Å². The van der Waals surface area contributed by atoms with Crippen LogP contribution in [0.4, 0.5) is 24.5 Å². The molecule has 0 aromatic heterocycles. The molecule has 3 nitrogen and oxygen atoms in total. The van der Waals surface area contributed by atoms with Crippen molar-refractivity contribution in [2.24, 2.45) is 0 Å². The summed E-state index contributed by atoms with van der Waals surface area (Å²) in [5, 5.41) is 2.22. The van der Waals surface area contributed by atoms with Crippen molar-refractivity contribution in [3.63, 3.8) is 0 Å². The first-order valence-electron chi connectivity index (χ1n) is 4.16. The maximum atomic E-state index is 11.9. The zero-order valence-corrected chi connectivity index (χ0v) is 8.06. The summed E-state index contributed by atoms with van der Waals surface area (Å²) < 4.78 is 40.5. The first kappa shape index (κ1) is 11.5. The molecule has 0 fully saturated rings. The molecule has 0 amide bonds. The summed E-state index contributed by atoms with van der Waals surface area (Å²) in [4.78, 5) is 0. The van der Waals surface area contributed by atoms with Gasteiger partial charge >= 0.3 is 6.18 Å². The number of nitrogens with one attached hydrogen (secondary N) is 1. The Bertz CT molecular complexity index is 339. The highest BCUT2D eigenvalue weighted by atomic mass is 19.4. The van der Waals surface area contributed by atoms with Crippen molar-refractivity contribution in [2.45, 2.75) is 6.18 Å². The van der Waals surface area contributed by atoms with Gasteiger partial charge in [0, 0.05) is 5.69 Å². The van der Waals surface area contributed by atoms with Gasteiger partial charge in [0.05, 0.1) is 12.8 Å². The number of rotatable bonds is 3. The van der Waals surface area contributed by atoms with Crippen molar-refractivity contribution < 1.29 is 17.9 Å². The molecule has 0 atom stereocenters. The lowest BCUT2D eigenvalue weighted by Gasteiger charge is -2.11. The summed E-state index contributed by atoms with van der Waals surface area (Å²) in [7, 11) is 1.44. The number of hydrogen-bond acceptors (Lipinski definition) is 3. The van der Waals surface area contributed by atoms with Gasteiger partial charge in [0.2, 0.25) is 0 Å². The summed E-state index contributed by atoms with van der Waals surface area (Å²) in [5.41, 5.74) is 6.13. The Morgan fingerprint density at radius 3 is 2.53 bits per heavy atom. The van der Waals surface area contributed by atoms with Crippen LogP contribution >= 0.6 is 0 Å². The third kappa shape index (κ3) is 3.57. The van der Waals surface area contributed by atoms with E-state index in [4.69, 9.17) is 10.5 Å². The number of nitrogens with two attached hydrogens (primary N) is 1. The molecule has 3 N–H and O–H groups in total.